The summed E-state index contributed by atoms with van der Waals surface area (Å²) in [4.78, 5) is 2.00. The molecule has 0 saturated heterocycles. The number of benzene rings is 1. The minimum absolute atomic E-state index is 0.269. The highest BCUT2D eigenvalue weighted by Gasteiger charge is 2.08. The van der Waals surface area contributed by atoms with E-state index in [1.165, 1.54) is 0 Å². The lowest BCUT2D eigenvalue weighted by atomic mass is 10.2. The van der Waals surface area contributed by atoms with Gasteiger partial charge in [0.2, 0.25) is 0 Å². The van der Waals surface area contributed by atoms with E-state index in [9.17, 15) is 5.11 Å². The first-order chi connectivity index (χ1) is 11.0. The Hall–Kier alpha value is -2.89. The molecule has 6 nitrogen and oxygen atoms in total. The van der Waals surface area contributed by atoms with Crippen LogP contribution >= 0.6 is 0 Å². The van der Waals surface area contributed by atoms with Crippen molar-refractivity contribution in [3.8, 4) is 11.6 Å². The molecule has 2 aromatic heterocycles. The normalized spacial score (nSPS) is 10.7. The highest BCUT2D eigenvalue weighted by Crippen LogP contribution is 2.16. The van der Waals surface area contributed by atoms with Crippen molar-refractivity contribution >= 4 is 5.82 Å². The molecule has 3 rings (SSSR count). The topological polar surface area (TPSA) is 67.1 Å². The number of aryl methyl sites for hydroxylation is 2. The van der Waals surface area contributed by atoms with Gasteiger partial charge in [0.25, 0.3) is 0 Å². The van der Waals surface area contributed by atoms with Gasteiger partial charge in [-0.1, -0.05) is 12.1 Å². The number of rotatable bonds is 4. The molecule has 118 valence electrons. The summed E-state index contributed by atoms with van der Waals surface area (Å²) in [7, 11) is 1.96. The Morgan fingerprint density at radius 2 is 1.78 bits per heavy atom. The molecule has 1 aromatic carbocycles. The molecule has 0 fully saturated rings. The molecule has 1 N–H and O–H groups in total. The fourth-order valence-electron chi connectivity index (χ4n) is 2.45. The van der Waals surface area contributed by atoms with Crippen LogP contribution in [-0.4, -0.2) is 32.1 Å². The van der Waals surface area contributed by atoms with Gasteiger partial charge < -0.3 is 10.0 Å². The van der Waals surface area contributed by atoms with Crippen LogP contribution in [0.2, 0.25) is 0 Å². The molecule has 0 aliphatic carbocycles. The highest BCUT2D eigenvalue weighted by molar-refractivity contribution is 5.40. The smallest absolute Gasteiger partial charge is 0.176 e. The van der Waals surface area contributed by atoms with Crippen LogP contribution in [0.5, 0.6) is 5.75 Å². The average molecular weight is 309 g/mol. The van der Waals surface area contributed by atoms with Gasteiger partial charge in [0.1, 0.15) is 5.75 Å². The lowest BCUT2D eigenvalue weighted by Crippen LogP contribution is -2.18. The molecule has 6 heteroatoms. The predicted molar refractivity (Wildman–Crippen MR) is 88.8 cm³/mol. The Balaban J connectivity index is 1.76. The minimum Gasteiger partial charge on any atom is -0.508 e. The van der Waals surface area contributed by atoms with E-state index in [1.54, 1.807) is 16.8 Å². The van der Waals surface area contributed by atoms with Crippen molar-refractivity contribution in [2.75, 3.05) is 11.9 Å². The first-order valence-electron chi connectivity index (χ1n) is 7.39. The van der Waals surface area contributed by atoms with Gasteiger partial charge in [-0.05, 0) is 49.7 Å². The monoisotopic (exact) mass is 309 g/mol. The van der Waals surface area contributed by atoms with Crippen molar-refractivity contribution in [2.45, 2.75) is 20.4 Å². The maximum Gasteiger partial charge on any atom is 0.176 e. The molecule has 0 saturated carbocycles. The second-order valence-corrected chi connectivity index (χ2v) is 5.61. The van der Waals surface area contributed by atoms with E-state index in [1.807, 2.05) is 56.1 Å². The lowest BCUT2D eigenvalue weighted by Gasteiger charge is -2.17. The van der Waals surface area contributed by atoms with Crippen molar-refractivity contribution in [3.63, 3.8) is 0 Å². The van der Waals surface area contributed by atoms with E-state index >= 15 is 0 Å². The zero-order chi connectivity index (χ0) is 16.4. The van der Waals surface area contributed by atoms with Gasteiger partial charge in [-0.25, -0.2) is 4.68 Å². The van der Waals surface area contributed by atoms with Crippen LogP contribution in [0.1, 0.15) is 17.0 Å². The molecule has 0 aliphatic heterocycles. The largest absolute Gasteiger partial charge is 0.508 e. The molecule has 0 amide bonds. The van der Waals surface area contributed by atoms with Crippen molar-refractivity contribution < 1.29 is 5.11 Å². The summed E-state index contributed by atoms with van der Waals surface area (Å²) in [5.74, 6) is 1.76. The number of phenolic OH excluding ortho intramolecular Hbond substituents is 1. The van der Waals surface area contributed by atoms with Crippen molar-refractivity contribution in [2.24, 2.45) is 0 Å². The van der Waals surface area contributed by atoms with Crippen LogP contribution in [0.3, 0.4) is 0 Å². The number of phenols is 1. The number of aromatic hydroxyl groups is 1. The molecule has 3 aromatic rings. The van der Waals surface area contributed by atoms with Gasteiger partial charge in [-0.15, -0.1) is 10.2 Å². The second kappa shape index (κ2) is 6.08. The van der Waals surface area contributed by atoms with Crippen molar-refractivity contribution in [1.82, 2.24) is 20.0 Å². The summed E-state index contributed by atoms with van der Waals surface area (Å²) in [6.45, 7) is 4.64. The molecule has 0 spiro atoms. The standard InChI is InChI=1S/C17H19N5O/c1-12-10-13(2)22(20-12)17-9-8-16(18-19-17)21(3)11-14-4-6-15(23)7-5-14/h4-10,23H,11H2,1-3H3. The molecule has 0 bridgehead atoms. The minimum atomic E-state index is 0.269. The Labute approximate surface area is 135 Å². The molecule has 0 radical (unpaired) electrons. The highest BCUT2D eigenvalue weighted by atomic mass is 16.3. The number of hydrogen-bond donors (Lipinski definition) is 1. The van der Waals surface area contributed by atoms with E-state index in [-0.39, 0.29) is 5.75 Å². The Bertz CT molecular complexity index is 793. The SMILES string of the molecule is Cc1cc(C)n(-c2ccc(N(C)Cc3ccc(O)cc3)nn2)n1. The summed E-state index contributed by atoms with van der Waals surface area (Å²) >= 11 is 0. The van der Waals surface area contributed by atoms with Crippen molar-refractivity contribution in [3.05, 3.63) is 59.4 Å². The van der Waals surface area contributed by atoms with Crippen LogP contribution in [0.15, 0.2) is 42.5 Å². The van der Waals surface area contributed by atoms with Gasteiger partial charge >= 0.3 is 0 Å². The summed E-state index contributed by atoms with van der Waals surface area (Å²) in [6.07, 6.45) is 0. The van der Waals surface area contributed by atoms with Crippen LogP contribution in [0.25, 0.3) is 5.82 Å². The van der Waals surface area contributed by atoms with Crippen LogP contribution < -0.4 is 4.90 Å². The maximum atomic E-state index is 9.33. The summed E-state index contributed by atoms with van der Waals surface area (Å²) in [6, 6.07) is 13.0. The fraction of sp³-hybridized carbons (Fsp3) is 0.235. The second-order valence-electron chi connectivity index (χ2n) is 5.61. The lowest BCUT2D eigenvalue weighted by molar-refractivity contribution is 0.475. The average Bonchev–Trinajstić information content (AvgIpc) is 2.88. The third-order valence-electron chi connectivity index (χ3n) is 3.61. The van der Waals surface area contributed by atoms with E-state index in [0.29, 0.717) is 12.4 Å². The van der Waals surface area contributed by atoms with Gasteiger partial charge in [0.05, 0.1) is 5.69 Å². The van der Waals surface area contributed by atoms with Gasteiger partial charge in [-0.2, -0.15) is 5.10 Å². The molecule has 0 unspecified atom stereocenters. The molecule has 2 heterocycles. The van der Waals surface area contributed by atoms with Crippen LogP contribution in [0.4, 0.5) is 5.82 Å². The first kappa shape index (κ1) is 15.0. The number of anilines is 1. The molecular formula is C17H19N5O. The van der Waals surface area contributed by atoms with Gasteiger partial charge in [-0.3, -0.25) is 0 Å². The van der Waals surface area contributed by atoms with Gasteiger partial charge in [0.15, 0.2) is 11.6 Å². The van der Waals surface area contributed by atoms with Crippen LogP contribution in [-0.2, 0) is 6.54 Å². The molecule has 0 atom stereocenters. The third-order valence-corrected chi connectivity index (χ3v) is 3.61. The molecule has 0 aliphatic rings. The van der Waals surface area contributed by atoms with E-state index in [4.69, 9.17) is 0 Å². The predicted octanol–water partition coefficient (Wildman–Crippen LogP) is 2.62. The van der Waals surface area contributed by atoms with E-state index in [0.717, 1.165) is 22.8 Å². The summed E-state index contributed by atoms with van der Waals surface area (Å²) in [5.41, 5.74) is 3.08. The van der Waals surface area contributed by atoms with Crippen LogP contribution in [0, 0.1) is 13.8 Å². The van der Waals surface area contributed by atoms with Crippen molar-refractivity contribution in [1.29, 1.82) is 0 Å². The summed E-state index contributed by atoms with van der Waals surface area (Å²) < 4.78 is 1.78. The number of aromatic nitrogens is 4. The first-order valence-corrected chi connectivity index (χ1v) is 7.39. The quantitative estimate of drug-likeness (QED) is 0.802. The maximum absolute atomic E-state index is 9.33. The Morgan fingerprint density at radius 1 is 1.04 bits per heavy atom. The van der Waals surface area contributed by atoms with E-state index < -0.39 is 0 Å². The number of nitrogens with zero attached hydrogens (tertiary/aromatic N) is 5. The van der Waals surface area contributed by atoms with Gasteiger partial charge in [0, 0.05) is 19.3 Å². The Kier molecular flexibility index (Phi) is 3.97. The molecular weight excluding hydrogens is 290 g/mol. The van der Waals surface area contributed by atoms with E-state index in [2.05, 4.69) is 15.3 Å². The zero-order valence-electron chi connectivity index (χ0n) is 13.4. The zero-order valence-corrected chi connectivity index (χ0v) is 13.4. The third kappa shape index (κ3) is 3.31. The molecule has 23 heavy (non-hydrogen) atoms. The fourth-order valence-corrected chi connectivity index (χ4v) is 2.45. The number of hydrogen-bond acceptors (Lipinski definition) is 5. The summed E-state index contributed by atoms with van der Waals surface area (Å²) in [5, 5.41) is 22.3. The Morgan fingerprint density at radius 3 is 2.35 bits per heavy atom.